The molecule has 0 unspecified atom stereocenters. The average Bonchev–Trinajstić information content (AvgIpc) is 3.07. The minimum absolute atomic E-state index is 0.0695. The van der Waals surface area contributed by atoms with Gasteiger partial charge in [0, 0.05) is 0 Å². The highest BCUT2D eigenvalue weighted by Gasteiger charge is 2.50. The largest absolute Gasteiger partial charge is 0.382 e. The number of fused-ring (bicyclic) bond motifs is 2. The highest BCUT2D eigenvalue weighted by atomic mass is 16.6. The molecule has 3 rings (SSSR count). The van der Waals surface area contributed by atoms with E-state index >= 15 is 0 Å². The van der Waals surface area contributed by atoms with Crippen LogP contribution in [0.25, 0.3) is 0 Å². The van der Waals surface area contributed by atoms with E-state index < -0.39 is 5.60 Å². The highest BCUT2D eigenvalue weighted by molar-refractivity contribution is 5.27. The van der Waals surface area contributed by atoms with Gasteiger partial charge in [-0.25, -0.2) is 0 Å². The number of allylic oxidation sites excluding steroid dienone is 3. The molecule has 23 heavy (non-hydrogen) atoms. The summed E-state index contributed by atoms with van der Waals surface area (Å²) >= 11 is 0. The molecule has 0 aromatic rings. The first kappa shape index (κ1) is 16.9. The van der Waals surface area contributed by atoms with E-state index in [1.54, 1.807) is 0 Å². The Labute approximate surface area is 140 Å². The molecule has 0 aromatic carbocycles. The zero-order valence-corrected chi connectivity index (χ0v) is 14.7. The van der Waals surface area contributed by atoms with Crippen LogP contribution in [0.5, 0.6) is 0 Å². The van der Waals surface area contributed by atoms with E-state index in [1.807, 2.05) is 0 Å². The van der Waals surface area contributed by atoms with Crippen LogP contribution in [0.3, 0.4) is 0 Å². The monoisotopic (exact) mass is 318 g/mol. The minimum Gasteiger partial charge on any atom is -0.382 e. The fourth-order valence-electron chi connectivity index (χ4n) is 3.83. The molecule has 3 aliphatic rings. The van der Waals surface area contributed by atoms with Crippen LogP contribution in [0.4, 0.5) is 0 Å². The van der Waals surface area contributed by atoms with Crippen molar-refractivity contribution in [1.82, 2.24) is 0 Å². The molecule has 0 saturated carbocycles. The maximum absolute atomic E-state index is 11.1. The van der Waals surface area contributed by atoms with Crippen molar-refractivity contribution < 1.29 is 14.6 Å². The molecule has 4 atom stereocenters. The number of hydrogen-bond donors (Lipinski definition) is 1. The zero-order chi connectivity index (χ0) is 16.7. The Bertz CT molecular complexity index is 547. The van der Waals surface area contributed by atoms with E-state index in [9.17, 15) is 5.11 Å². The van der Waals surface area contributed by atoms with Crippen molar-refractivity contribution in [2.75, 3.05) is 6.61 Å². The van der Waals surface area contributed by atoms with Crippen LogP contribution in [0.2, 0.25) is 0 Å². The summed E-state index contributed by atoms with van der Waals surface area (Å²) in [5, 5.41) is 11.1. The van der Waals surface area contributed by atoms with E-state index in [2.05, 4.69) is 39.5 Å². The molecule has 1 aliphatic carbocycles. The molecule has 2 fully saturated rings. The smallest absolute Gasteiger partial charge is 0.118 e. The fourth-order valence-corrected chi connectivity index (χ4v) is 3.83. The van der Waals surface area contributed by atoms with Crippen LogP contribution >= 0.6 is 0 Å². The number of ether oxygens (including phenoxy) is 2. The van der Waals surface area contributed by atoms with Crippen molar-refractivity contribution in [3.8, 4) is 0 Å². The molecule has 128 valence electrons. The van der Waals surface area contributed by atoms with Gasteiger partial charge in [0.25, 0.3) is 0 Å². The third kappa shape index (κ3) is 3.47. The molecule has 0 radical (unpaired) electrons. The van der Waals surface area contributed by atoms with Crippen LogP contribution in [-0.2, 0) is 9.47 Å². The normalized spacial score (nSPS) is 42.2. The van der Waals surface area contributed by atoms with E-state index in [4.69, 9.17) is 9.47 Å². The highest BCUT2D eigenvalue weighted by Crippen LogP contribution is 2.44. The lowest BCUT2D eigenvalue weighted by atomic mass is 9.84. The molecule has 0 spiro atoms. The molecule has 2 aliphatic heterocycles. The van der Waals surface area contributed by atoms with E-state index in [0.29, 0.717) is 19.1 Å². The van der Waals surface area contributed by atoms with Crippen LogP contribution < -0.4 is 0 Å². The van der Waals surface area contributed by atoms with Gasteiger partial charge in [-0.05, 0) is 64.9 Å². The SMILES string of the molecule is C=C1CO[C@H]2C=C(C)CC[C@@H]3O[C@]3(C)CCC=C(C)CC[C@@]12O. The van der Waals surface area contributed by atoms with Gasteiger partial charge in [0.05, 0.1) is 18.3 Å². The molecular formula is C20H30O3. The predicted molar refractivity (Wildman–Crippen MR) is 92.3 cm³/mol. The summed E-state index contributed by atoms with van der Waals surface area (Å²) < 4.78 is 11.8. The third-order valence-corrected chi connectivity index (χ3v) is 5.83. The van der Waals surface area contributed by atoms with Gasteiger partial charge in [0.2, 0.25) is 0 Å². The predicted octanol–water partition coefficient (Wildman–Crippen LogP) is 4.08. The Morgan fingerprint density at radius 1 is 1.22 bits per heavy atom. The summed E-state index contributed by atoms with van der Waals surface area (Å²) in [4.78, 5) is 0. The van der Waals surface area contributed by atoms with Gasteiger partial charge < -0.3 is 14.6 Å². The van der Waals surface area contributed by atoms with Gasteiger partial charge in [-0.1, -0.05) is 29.9 Å². The number of aliphatic hydroxyl groups is 1. The van der Waals surface area contributed by atoms with Gasteiger partial charge in [-0.15, -0.1) is 0 Å². The zero-order valence-electron chi connectivity index (χ0n) is 14.7. The quantitative estimate of drug-likeness (QED) is 0.540. The summed E-state index contributed by atoms with van der Waals surface area (Å²) in [6.45, 7) is 11.0. The average molecular weight is 318 g/mol. The van der Waals surface area contributed by atoms with Crippen molar-refractivity contribution in [3.05, 3.63) is 35.5 Å². The first-order chi connectivity index (χ1) is 10.8. The number of epoxide rings is 1. The van der Waals surface area contributed by atoms with E-state index in [-0.39, 0.29) is 11.7 Å². The van der Waals surface area contributed by atoms with Crippen LogP contribution in [0.15, 0.2) is 35.5 Å². The standard InChI is InChI=1S/C20H30O3/c1-14-6-5-10-19(4)17(23-19)8-7-15(2)12-18-20(21,11-9-14)16(3)13-22-18/h6,12,17-18,21H,3,5,7-11,13H2,1-2,4H3/t17-,18-,19+,20+/m0/s1. The number of rotatable bonds is 0. The lowest BCUT2D eigenvalue weighted by Gasteiger charge is -2.28. The van der Waals surface area contributed by atoms with Crippen LogP contribution in [0, 0.1) is 0 Å². The summed E-state index contributed by atoms with van der Waals surface area (Å²) in [6.07, 6.45) is 10.2. The van der Waals surface area contributed by atoms with E-state index in [1.165, 1.54) is 11.1 Å². The molecule has 2 heterocycles. The van der Waals surface area contributed by atoms with Crippen LogP contribution in [-0.4, -0.2) is 35.1 Å². The Morgan fingerprint density at radius 3 is 2.78 bits per heavy atom. The Balaban J connectivity index is 1.80. The van der Waals surface area contributed by atoms with Crippen molar-refractivity contribution in [3.63, 3.8) is 0 Å². The van der Waals surface area contributed by atoms with Gasteiger partial charge in [-0.3, -0.25) is 0 Å². The lowest BCUT2D eigenvalue weighted by Crippen LogP contribution is -2.38. The molecule has 0 bridgehead atoms. The second-order valence-corrected chi connectivity index (χ2v) is 7.82. The maximum atomic E-state index is 11.1. The van der Waals surface area contributed by atoms with Crippen molar-refractivity contribution >= 4 is 0 Å². The Hall–Kier alpha value is -0.900. The summed E-state index contributed by atoms with van der Waals surface area (Å²) in [5.41, 5.74) is 2.55. The molecule has 3 nitrogen and oxygen atoms in total. The topological polar surface area (TPSA) is 42.0 Å². The third-order valence-electron chi connectivity index (χ3n) is 5.83. The van der Waals surface area contributed by atoms with Crippen LogP contribution in [0.1, 0.15) is 59.3 Å². The Kier molecular flexibility index (Phi) is 4.56. The fraction of sp³-hybridized carbons (Fsp3) is 0.700. The van der Waals surface area contributed by atoms with Gasteiger partial charge >= 0.3 is 0 Å². The molecule has 3 heteroatoms. The van der Waals surface area contributed by atoms with Gasteiger partial charge in [0.15, 0.2) is 0 Å². The van der Waals surface area contributed by atoms with Gasteiger partial charge in [-0.2, -0.15) is 0 Å². The lowest BCUT2D eigenvalue weighted by molar-refractivity contribution is -0.00624. The summed E-state index contributed by atoms with van der Waals surface area (Å²) in [6, 6.07) is 0. The molecule has 2 saturated heterocycles. The van der Waals surface area contributed by atoms with Gasteiger partial charge in [0.1, 0.15) is 11.7 Å². The Morgan fingerprint density at radius 2 is 2.00 bits per heavy atom. The minimum atomic E-state index is -0.926. The first-order valence-electron chi connectivity index (χ1n) is 8.86. The maximum Gasteiger partial charge on any atom is 0.118 e. The van der Waals surface area contributed by atoms with Crippen molar-refractivity contribution in [2.24, 2.45) is 0 Å². The summed E-state index contributed by atoms with van der Waals surface area (Å²) in [5.74, 6) is 0. The molecular weight excluding hydrogens is 288 g/mol. The second-order valence-electron chi connectivity index (χ2n) is 7.82. The van der Waals surface area contributed by atoms with E-state index in [0.717, 1.165) is 37.7 Å². The van der Waals surface area contributed by atoms with Crippen molar-refractivity contribution in [1.29, 1.82) is 0 Å². The second kappa shape index (κ2) is 6.19. The molecule has 0 aromatic heterocycles. The first-order valence-corrected chi connectivity index (χ1v) is 8.86. The molecule has 1 N–H and O–H groups in total. The molecule has 0 amide bonds. The summed E-state index contributed by atoms with van der Waals surface area (Å²) in [7, 11) is 0. The number of hydrogen-bond acceptors (Lipinski definition) is 3. The van der Waals surface area contributed by atoms with Crippen molar-refractivity contribution in [2.45, 2.75) is 82.7 Å².